The number of halogens is 1. The standard InChI is InChI=1S/C19H21ClN2O4/c1-14(19(24)25-2)11-22(12-15-6-5-9-21-10-15)18(23)13-26-17-8-4-3-7-16(17)20/h3-10,14H,11-13H2,1-2H3. The largest absolute Gasteiger partial charge is 0.482 e. The summed E-state index contributed by atoms with van der Waals surface area (Å²) in [6.07, 6.45) is 3.34. The van der Waals surface area contributed by atoms with Gasteiger partial charge in [-0.25, -0.2) is 0 Å². The molecule has 0 bridgehead atoms. The zero-order valence-corrected chi connectivity index (χ0v) is 15.5. The summed E-state index contributed by atoms with van der Waals surface area (Å²) < 4.78 is 10.3. The van der Waals surface area contributed by atoms with Crippen LogP contribution < -0.4 is 4.74 Å². The highest BCUT2D eigenvalue weighted by molar-refractivity contribution is 6.32. The number of ether oxygens (including phenoxy) is 2. The fraction of sp³-hybridized carbons (Fsp3) is 0.316. The molecule has 0 radical (unpaired) electrons. The fourth-order valence-electron chi connectivity index (χ4n) is 2.37. The van der Waals surface area contributed by atoms with E-state index in [-0.39, 0.29) is 25.0 Å². The molecule has 0 aliphatic rings. The van der Waals surface area contributed by atoms with Crippen molar-refractivity contribution in [1.82, 2.24) is 9.88 Å². The van der Waals surface area contributed by atoms with Gasteiger partial charge in [-0.15, -0.1) is 0 Å². The van der Waals surface area contributed by atoms with Crippen molar-refractivity contribution in [3.63, 3.8) is 0 Å². The van der Waals surface area contributed by atoms with Crippen molar-refractivity contribution in [2.75, 3.05) is 20.3 Å². The summed E-state index contributed by atoms with van der Waals surface area (Å²) in [7, 11) is 1.33. The lowest BCUT2D eigenvalue weighted by Crippen LogP contribution is -2.39. The van der Waals surface area contributed by atoms with Crippen LogP contribution in [0.5, 0.6) is 5.75 Å². The van der Waals surface area contributed by atoms with Crippen molar-refractivity contribution >= 4 is 23.5 Å². The van der Waals surface area contributed by atoms with E-state index in [9.17, 15) is 9.59 Å². The number of pyridine rings is 1. The lowest BCUT2D eigenvalue weighted by Gasteiger charge is -2.25. The summed E-state index contributed by atoms with van der Waals surface area (Å²) in [6, 6.07) is 10.6. The number of carbonyl (C=O) groups excluding carboxylic acids is 2. The Labute approximate surface area is 157 Å². The first-order valence-electron chi connectivity index (χ1n) is 8.13. The minimum absolute atomic E-state index is 0.183. The van der Waals surface area contributed by atoms with E-state index < -0.39 is 5.92 Å². The molecule has 1 heterocycles. The molecule has 7 heteroatoms. The van der Waals surface area contributed by atoms with Crippen LogP contribution in [0.3, 0.4) is 0 Å². The third kappa shape index (κ3) is 5.74. The van der Waals surface area contributed by atoms with E-state index >= 15 is 0 Å². The SMILES string of the molecule is COC(=O)C(C)CN(Cc1cccnc1)C(=O)COc1ccccc1Cl. The van der Waals surface area contributed by atoms with Crippen LogP contribution in [0.2, 0.25) is 5.02 Å². The molecule has 0 N–H and O–H groups in total. The summed E-state index contributed by atoms with van der Waals surface area (Å²) >= 11 is 6.04. The molecule has 2 rings (SSSR count). The van der Waals surface area contributed by atoms with Gasteiger partial charge in [-0.1, -0.05) is 36.7 Å². The van der Waals surface area contributed by atoms with Gasteiger partial charge < -0.3 is 14.4 Å². The number of hydrogen-bond acceptors (Lipinski definition) is 5. The maximum absolute atomic E-state index is 12.7. The Morgan fingerprint density at radius 3 is 2.65 bits per heavy atom. The van der Waals surface area contributed by atoms with Crippen LogP contribution in [0.25, 0.3) is 0 Å². The molecule has 0 saturated carbocycles. The molecule has 0 aliphatic heterocycles. The third-order valence-corrected chi connectivity index (χ3v) is 4.05. The van der Waals surface area contributed by atoms with Crippen molar-refractivity contribution in [2.24, 2.45) is 5.92 Å². The first-order valence-corrected chi connectivity index (χ1v) is 8.51. The van der Waals surface area contributed by atoms with Gasteiger partial charge >= 0.3 is 5.97 Å². The van der Waals surface area contributed by atoms with Gasteiger partial charge in [-0.05, 0) is 23.8 Å². The lowest BCUT2D eigenvalue weighted by atomic mass is 10.1. The van der Waals surface area contributed by atoms with E-state index in [1.807, 2.05) is 6.07 Å². The van der Waals surface area contributed by atoms with Crippen LogP contribution >= 0.6 is 11.6 Å². The molecule has 0 spiro atoms. The lowest BCUT2D eigenvalue weighted by molar-refractivity contribution is -0.147. The van der Waals surface area contributed by atoms with E-state index in [4.69, 9.17) is 21.1 Å². The minimum atomic E-state index is -0.457. The van der Waals surface area contributed by atoms with Gasteiger partial charge in [0.25, 0.3) is 5.91 Å². The molecule has 6 nitrogen and oxygen atoms in total. The van der Waals surface area contributed by atoms with E-state index in [0.29, 0.717) is 17.3 Å². The van der Waals surface area contributed by atoms with Crippen molar-refractivity contribution in [1.29, 1.82) is 0 Å². The molecule has 1 aromatic heterocycles. The molecule has 2 aromatic rings. The monoisotopic (exact) mass is 376 g/mol. The highest BCUT2D eigenvalue weighted by Gasteiger charge is 2.22. The summed E-state index contributed by atoms with van der Waals surface area (Å²) in [6.45, 7) is 2.06. The molecule has 1 unspecified atom stereocenters. The molecule has 1 amide bonds. The van der Waals surface area contributed by atoms with Crippen LogP contribution in [0.15, 0.2) is 48.8 Å². The van der Waals surface area contributed by atoms with E-state index in [2.05, 4.69) is 4.98 Å². The highest BCUT2D eigenvalue weighted by Crippen LogP contribution is 2.23. The summed E-state index contributed by atoms with van der Waals surface area (Å²) in [5.41, 5.74) is 0.857. The summed E-state index contributed by atoms with van der Waals surface area (Å²) in [5, 5.41) is 0.432. The molecule has 1 aromatic carbocycles. The number of benzene rings is 1. The average Bonchev–Trinajstić information content (AvgIpc) is 2.66. The van der Waals surface area contributed by atoms with Gasteiger partial charge in [0.1, 0.15) is 5.75 Å². The van der Waals surface area contributed by atoms with E-state index in [0.717, 1.165) is 5.56 Å². The Morgan fingerprint density at radius 1 is 1.23 bits per heavy atom. The molecule has 0 aliphatic carbocycles. The first kappa shape index (κ1) is 19.7. The second kappa shape index (κ2) is 9.77. The number of esters is 1. The number of amides is 1. The predicted octanol–water partition coefficient (Wildman–Crippen LogP) is 2.95. The molecule has 1 atom stereocenters. The maximum Gasteiger partial charge on any atom is 0.310 e. The average molecular weight is 377 g/mol. The second-order valence-electron chi connectivity index (χ2n) is 5.78. The smallest absolute Gasteiger partial charge is 0.310 e. The Morgan fingerprint density at radius 2 is 2.00 bits per heavy atom. The van der Waals surface area contributed by atoms with Crippen LogP contribution in [0, 0.1) is 5.92 Å². The normalized spacial score (nSPS) is 11.5. The van der Waals surface area contributed by atoms with Crippen LogP contribution in [0.1, 0.15) is 12.5 Å². The molecular weight excluding hydrogens is 356 g/mol. The van der Waals surface area contributed by atoms with Crippen LogP contribution in [-0.2, 0) is 20.9 Å². The number of carbonyl (C=O) groups is 2. The number of aromatic nitrogens is 1. The summed E-state index contributed by atoms with van der Waals surface area (Å²) in [5.74, 6) is -0.656. The fourth-order valence-corrected chi connectivity index (χ4v) is 2.56. The molecule has 0 fully saturated rings. The van der Waals surface area contributed by atoms with Crippen molar-refractivity contribution in [3.8, 4) is 5.75 Å². The van der Waals surface area contributed by atoms with Gasteiger partial charge in [-0.3, -0.25) is 14.6 Å². The number of para-hydroxylation sites is 1. The minimum Gasteiger partial charge on any atom is -0.482 e. The van der Waals surface area contributed by atoms with Crippen LogP contribution in [0.4, 0.5) is 0 Å². The third-order valence-electron chi connectivity index (χ3n) is 3.73. The van der Waals surface area contributed by atoms with Gasteiger partial charge in [0.05, 0.1) is 18.1 Å². The van der Waals surface area contributed by atoms with Gasteiger partial charge in [0.15, 0.2) is 6.61 Å². The predicted molar refractivity (Wildman–Crippen MR) is 97.8 cm³/mol. The molecule has 26 heavy (non-hydrogen) atoms. The Balaban J connectivity index is 2.07. The van der Waals surface area contributed by atoms with E-state index in [1.165, 1.54) is 7.11 Å². The molecule has 0 saturated heterocycles. The van der Waals surface area contributed by atoms with Crippen molar-refractivity contribution < 1.29 is 19.1 Å². The van der Waals surface area contributed by atoms with Crippen molar-refractivity contribution in [3.05, 3.63) is 59.4 Å². The van der Waals surface area contributed by atoms with E-state index in [1.54, 1.807) is 54.5 Å². The maximum atomic E-state index is 12.7. The van der Waals surface area contributed by atoms with Gasteiger partial charge in [0, 0.05) is 25.5 Å². The second-order valence-corrected chi connectivity index (χ2v) is 6.19. The zero-order valence-electron chi connectivity index (χ0n) is 14.7. The zero-order chi connectivity index (χ0) is 18.9. The Hall–Kier alpha value is -2.60. The number of methoxy groups -OCH3 is 1. The first-order chi connectivity index (χ1) is 12.5. The molecule has 138 valence electrons. The van der Waals surface area contributed by atoms with Crippen molar-refractivity contribution in [2.45, 2.75) is 13.5 Å². The quantitative estimate of drug-likeness (QED) is 0.662. The highest BCUT2D eigenvalue weighted by atomic mass is 35.5. The van der Waals surface area contributed by atoms with Gasteiger partial charge in [-0.2, -0.15) is 0 Å². The van der Waals surface area contributed by atoms with Crippen LogP contribution in [-0.4, -0.2) is 42.0 Å². The Kier molecular flexibility index (Phi) is 7.41. The molecular formula is C19H21ClN2O4. The Bertz CT molecular complexity index is 739. The van der Waals surface area contributed by atoms with Gasteiger partial charge in [0.2, 0.25) is 0 Å². The summed E-state index contributed by atoms with van der Waals surface area (Å²) in [4.78, 5) is 30.0. The number of nitrogens with zero attached hydrogens (tertiary/aromatic N) is 2. The number of rotatable bonds is 8. The number of hydrogen-bond donors (Lipinski definition) is 0. The topological polar surface area (TPSA) is 68.7 Å².